The molecule has 0 aliphatic carbocycles. The lowest BCUT2D eigenvalue weighted by molar-refractivity contribution is -0.148. The first-order valence-corrected chi connectivity index (χ1v) is 10.9. The molecule has 2 amide bonds. The van der Waals surface area contributed by atoms with Crippen molar-refractivity contribution in [1.82, 2.24) is 15.2 Å². The summed E-state index contributed by atoms with van der Waals surface area (Å²) in [5.74, 6) is -1.80. The van der Waals surface area contributed by atoms with Gasteiger partial charge in [-0.15, -0.1) is 0 Å². The highest BCUT2D eigenvalue weighted by molar-refractivity contribution is 9.10. The first-order chi connectivity index (χ1) is 14.9. The molecule has 0 bridgehead atoms. The van der Waals surface area contributed by atoms with Crippen molar-refractivity contribution >= 4 is 44.6 Å². The molecule has 2 atom stereocenters. The van der Waals surface area contributed by atoms with E-state index in [0.717, 1.165) is 20.9 Å². The monoisotopic (exact) mass is 483 g/mol. The zero-order valence-electron chi connectivity index (χ0n) is 16.7. The van der Waals surface area contributed by atoms with Crippen LogP contribution in [0.25, 0.3) is 10.9 Å². The van der Waals surface area contributed by atoms with E-state index in [9.17, 15) is 19.5 Å². The lowest BCUT2D eigenvalue weighted by atomic mass is 10.0. The van der Waals surface area contributed by atoms with Gasteiger partial charge in [0.2, 0.25) is 5.91 Å². The molecule has 1 saturated heterocycles. The normalized spacial score (nSPS) is 16.9. The fraction of sp³-hybridized carbons (Fsp3) is 0.261. The van der Waals surface area contributed by atoms with Gasteiger partial charge in [0, 0.05) is 28.3 Å². The number of amides is 2. The number of aromatic nitrogens is 1. The maximum absolute atomic E-state index is 13.3. The third-order valence-electron chi connectivity index (χ3n) is 5.53. The van der Waals surface area contributed by atoms with Crippen LogP contribution in [0.1, 0.15) is 28.9 Å². The summed E-state index contributed by atoms with van der Waals surface area (Å²) >= 11 is 3.42. The Kier molecular flexibility index (Phi) is 6.08. The number of H-pyrrole nitrogens is 1. The lowest BCUT2D eigenvalue weighted by Crippen LogP contribution is -2.52. The second-order valence-corrected chi connectivity index (χ2v) is 8.57. The van der Waals surface area contributed by atoms with Crippen LogP contribution in [0, 0.1) is 0 Å². The fourth-order valence-electron chi connectivity index (χ4n) is 4.00. The third-order valence-corrected chi connectivity index (χ3v) is 6.03. The molecule has 0 spiro atoms. The van der Waals surface area contributed by atoms with Crippen molar-refractivity contribution in [3.05, 3.63) is 70.3 Å². The first-order valence-electron chi connectivity index (χ1n) is 10.1. The molecule has 0 radical (unpaired) electrons. The topological polar surface area (TPSA) is 102 Å². The van der Waals surface area contributed by atoms with Gasteiger partial charge in [0.25, 0.3) is 5.91 Å². The number of likely N-dealkylation sites (tertiary alicyclic amines) is 1. The number of hydrogen-bond donors (Lipinski definition) is 3. The van der Waals surface area contributed by atoms with Crippen LogP contribution < -0.4 is 5.32 Å². The number of carboxylic acid groups (broad SMARTS) is 1. The van der Waals surface area contributed by atoms with E-state index in [-0.39, 0.29) is 12.3 Å². The van der Waals surface area contributed by atoms with Gasteiger partial charge >= 0.3 is 5.97 Å². The van der Waals surface area contributed by atoms with Crippen LogP contribution in [-0.4, -0.2) is 51.4 Å². The molecule has 4 rings (SSSR count). The minimum Gasteiger partial charge on any atom is -0.480 e. The van der Waals surface area contributed by atoms with Gasteiger partial charge in [0.15, 0.2) is 0 Å². The molecule has 0 unspecified atom stereocenters. The summed E-state index contributed by atoms with van der Waals surface area (Å²) in [4.78, 5) is 42.3. The predicted molar refractivity (Wildman–Crippen MR) is 120 cm³/mol. The van der Waals surface area contributed by atoms with Gasteiger partial charge in [-0.1, -0.05) is 46.3 Å². The Balaban J connectivity index is 1.59. The van der Waals surface area contributed by atoms with Gasteiger partial charge < -0.3 is 20.3 Å². The highest BCUT2D eigenvalue weighted by atomic mass is 79.9. The molecule has 2 heterocycles. The van der Waals surface area contributed by atoms with Crippen LogP contribution in [0.2, 0.25) is 0 Å². The third kappa shape index (κ3) is 4.64. The van der Waals surface area contributed by atoms with Crippen molar-refractivity contribution in [2.24, 2.45) is 0 Å². The zero-order chi connectivity index (χ0) is 22.0. The van der Waals surface area contributed by atoms with Gasteiger partial charge in [0.05, 0.1) is 0 Å². The summed E-state index contributed by atoms with van der Waals surface area (Å²) in [5.41, 5.74) is 2.03. The average Bonchev–Trinajstić information content (AvgIpc) is 3.40. The van der Waals surface area contributed by atoms with E-state index in [1.165, 1.54) is 4.90 Å². The Morgan fingerprint density at radius 3 is 2.68 bits per heavy atom. The number of aromatic amines is 1. The molecule has 1 aliphatic rings. The number of nitrogens with zero attached hydrogens (tertiary/aromatic N) is 1. The van der Waals surface area contributed by atoms with Gasteiger partial charge in [0.1, 0.15) is 17.8 Å². The zero-order valence-corrected chi connectivity index (χ0v) is 18.3. The highest BCUT2D eigenvalue weighted by Gasteiger charge is 2.37. The summed E-state index contributed by atoms with van der Waals surface area (Å²) in [6, 6.07) is 15.0. The molecule has 160 valence electrons. The summed E-state index contributed by atoms with van der Waals surface area (Å²) in [6.07, 6.45) is 1.33. The van der Waals surface area contributed by atoms with Crippen molar-refractivity contribution in [2.75, 3.05) is 6.54 Å². The summed E-state index contributed by atoms with van der Waals surface area (Å²) in [6.45, 7) is 0.372. The summed E-state index contributed by atoms with van der Waals surface area (Å²) in [7, 11) is 0. The van der Waals surface area contributed by atoms with Crippen molar-refractivity contribution in [3.8, 4) is 0 Å². The molecule has 7 nitrogen and oxygen atoms in total. The average molecular weight is 484 g/mol. The minimum atomic E-state index is -1.02. The van der Waals surface area contributed by atoms with Gasteiger partial charge in [-0.25, -0.2) is 4.79 Å². The molecule has 1 fully saturated rings. The van der Waals surface area contributed by atoms with E-state index in [2.05, 4.69) is 26.2 Å². The number of carbonyl (C=O) groups excluding carboxylic acids is 2. The van der Waals surface area contributed by atoms with E-state index < -0.39 is 24.0 Å². The van der Waals surface area contributed by atoms with Crippen LogP contribution in [0.3, 0.4) is 0 Å². The number of nitrogens with one attached hydrogen (secondary N) is 2. The van der Waals surface area contributed by atoms with Gasteiger partial charge in [-0.3, -0.25) is 9.59 Å². The van der Waals surface area contributed by atoms with E-state index in [0.29, 0.717) is 25.1 Å². The molecule has 1 aromatic heterocycles. The molecule has 0 saturated carbocycles. The number of hydrogen-bond acceptors (Lipinski definition) is 3. The number of rotatable bonds is 6. The second-order valence-electron chi connectivity index (χ2n) is 7.66. The maximum Gasteiger partial charge on any atom is 0.326 e. The Bertz CT molecular complexity index is 1130. The molecule has 2 aromatic carbocycles. The summed E-state index contributed by atoms with van der Waals surface area (Å²) < 4.78 is 0.900. The van der Waals surface area contributed by atoms with Crippen molar-refractivity contribution in [2.45, 2.75) is 31.3 Å². The second kappa shape index (κ2) is 8.93. The molecule has 3 N–H and O–H groups in total. The van der Waals surface area contributed by atoms with Crippen LogP contribution in [0.4, 0.5) is 0 Å². The molecular weight excluding hydrogens is 462 g/mol. The van der Waals surface area contributed by atoms with Gasteiger partial charge in [-0.2, -0.15) is 0 Å². The van der Waals surface area contributed by atoms with Crippen LogP contribution in [0.15, 0.2) is 59.1 Å². The van der Waals surface area contributed by atoms with Crippen LogP contribution in [0.5, 0.6) is 0 Å². The quantitative estimate of drug-likeness (QED) is 0.500. The first kappa shape index (κ1) is 21.1. The van der Waals surface area contributed by atoms with Crippen LogP contribution >= 0.6 is 15.9 Å². The number of fused-ring (bicyclic) bond motifs is 1. The molecule has 31 heavy (non-hydrogen) atoms. The van der Waals surface area contributed by atoms with Crippen molar-refractivity contribution < 1.29 is 19.5 Å². The highest BCUT2D eigenvalue weighted by Crippen LogP contribution is 2.22. The van der Waals surface area contributed by atoms with Gasteiger partial charge in [-0.05, 0) is 42.7 Å². The largest absolute Gasteiger partial charge is 0.480 e. The predicted octanol–water partition coefficient (Wildman–Crippen LogP) is 3.35. The maximum atomic E-state index is 13.3. The summed E-state index contributed by atoms with van der Waals surface area (Å²) in [5, 5.41) is 13.2. The minimum absolute atomic E-state index is 0.278. The van der Waals surface area contributed by atoms with E-state index in [1.54, 1.807) is 6.07 Å². The lowest BCUT2D eigenvalue weighted by Gasteiger charge is -2.27. The smallest absolute Gasteiger partial charge is 0.326 e. The molecular formula is C23H22BrN3O4. The Hall–Kier alpha value is -3.13. The Labute approximate surface area is 187 Å². The number of halogens is 1. The number of carboxylic acids is 1. The molecule has 8 heteroatoms. The van der Waals surface area contributed by atoms with Crippen molar-refractivity contribution in [1.29, 1.82) is 0 Å². The van der Waals surface area contributed by atoms with E-state index in [1.807, 2.05) is 48.5 Å². The molecule has 1 aliphatic heterocycles. The molecule has 3 aromatic rings. The Morgan fingerprint density at radius 1 is 1.16 bits per heavy atom. The standard InChI is InChI=1S/C23H22BrN3O4/c24-16-8-9-17-15(12-16)13-18(25-17)21(28)26-19(11-14-5-2-1-3-6-14)22(29)27-10-4-7-20(27)23(30)31/h1-3,5-6,8-9,12-13,19-20,25H,4,7,10-11H2,(H,26,28)(H,30,31)/t19-,20-/m0/s1. The van der Waals surface area contributed by atoms with Crippen LogP contribution in [-0.2, 0) is 16.0 Å². The number of benzene rings is 2. The fourth-order valence-corrected chi connectivity index (χ4v) is 4.38. The number of aliphatic carboxylic acids is 1. The van der Waals surface area contributed by atoms with E-state index >= 15 is 0 Å². The van der Waals surface area contributed by atoms with E-state index in [4.69, 9.17) is 0 Å². The Morgan fingerprint density at radius 2 is 1.94 bits per heavy atom. The van der Waals surface area contributed by atoms with Crippen molar-refractivity contribution in [3.63, 3.8) is 0 Å². The number of carbonyl (C=O) groups is 3. The SMILES string of the molecule is O=C(N[C@@H](Cc1ccccc1)C(=O)N1CCC[C@H]1C(=O)O)c1cc2cc(Br)ccc2[nH]1.